The number of hydrogen-bond acceptors (Lipinski definition) is 6. The zero-order valence-corrected chi connectivity index (χ0v) is 20.6. The van der Waals surface area contributed by atoms with E-state index in [-0.39, 0.29) is 48.8 Å². The Labute approximate surface area is 199 Å². The van der Waals surface area contributed by atoms with Crippen molar-refractivity contribution in [3.63, 3.8) is 0 Å². The number of aliphatic hydroxyl groups excluding tert-OH is 1. The minimum Gasteiger partial charge on any atom is -0.487 e. The lowest BCUT2D eigenvalue weighted by Crippen LogP contribution is -2.50. The maximum absolute atomic E-state index is 13.8. The van der Waals surface area contributed by atoms with E-state index in [2.05, 4.69) is 0 Å². The second-order valence-corrected chi connectivity index (χ2v) is 10.5. The highest BCUT2D eigenvalue weighted by Crippen LogP contribution is 2.36. The Morgan fingerprint density at radius 2 is 2.00 bits per heavy atom. The van der Waals surface area contributed by atoms with Crippen molar-refractivity contribution >= 4 is 15.9 Å². The molecule has 34 heavy (non-hydrogen) atoms. The largest absolute Gasteiger partial charge is 0.487 e. The van der Waals surface area contributed by atoms with E-state index < -0.39 is 28.0 Å². The van der Waals surface area contributed by atoms with E-state index in [1.807, 2.05) is 6.92 Å². The number of methoxy groups -OCH3 is 1. The Hall–Kier alpha value is -2.53. The lowest BCUT2D eigenvalue weighted by atomic mass is 10.0. The van der Waals surface area contributed by atoms with Gasteiger partial charge in [-0.3, -0.25) is 4.79 Å². The zero-order valence-electron chi connectivity index (χ0n) is 19.8. The number of sulfonamides is 1. The number of fused-ring (bicyclic) bond motifs is 1. The molecule has 0 radical (unpaired) electrons. The van der Waals surface area contributed by atoms with Gasteiger partial charge in [0.25, 0.3) is 0 Å². The smallest absolute Gasteiger partial charge is 0.248 e. The molecule has 0 spiro atoms. The molecule has 8 nitrogen and oxygen atoms in total. The van der Waals surface area contributed by atoms with Crippen LogP contribution in [0.2, 0.25) is 0 Å². The molecule has 186 valence electrons. The number of aliphatic hydroxyl groups is 1. The van der Waals surface area contributed by atoms with Gasteiger partial charge in [-0.05, 0) is 42.3 Å². The topological polar surface area (TPSA) is 96.4 Å². The van der Waals surface area contributed by atoms with Gasteiger partial charge >= 0.3 is 0 Å². The van der Waals surface area contributed by atoms with E-state index in [0.717, 1.165) is 0 Å². The van der Waals surface area contributed by atoms with Crippen LogP contribution in [0.15, 0.2) is 47.4 Å². The third-order valence-electron chi connectivity index (χ3n) is 5.97. The fourth-order valence-electron chi connectivity index (χ4n) is 3.90. The van der Waals surface area contributed by atoms with Crippen LogP contribution < -0.4 is 4.74 Å². The van der Waals surface area contributed by atoms with E-state index >= 15 is 0 Å². The summed E-state index contributed by atoms with van der Waals surface area (Å²) in [5, 5.41) is 9.74. The van der Waals surface area contributed by atoms with E-state index in [9.17, 15) is 22.7 Å². The molecule has 1 heterocycles. The van der Waals surface area contributed by atoms with Crippen molar-refractivity contribution in [1.29, 1.82) is 0 Å². The SMILES string of the molecule is COCC(=O)N(C)C[C@H]1Oc2cc(-c3cccc(F)c3)ccc2S(=O)(=O)N([C@@H](C)CO)C[C@H]1C. The Morgan fingerprint density at radius 1 is 1.29 bits per heavy atom. The van der Waals surface area contributed by atoms with Gasteiger partial charge in [0.15, 0.2) is 0 Å². The van der Waals surface area contributed by atoms with Crippen molar-refractivity contribution in [1.82, 2.24) is 9.21 Å². The molecular formula is C24H31FN2O6S. The Bertz CT molecular complexity index is 1130. The van der Waals surface area contributed by atoms with Crippen LogP contribution in [0.1, 0.15) is 13.8 Å². The van der Waals surface area contributed by atoms with Crippen molar-refractivity contribution < 1.29 is 32.2 Å². The van der Waals surface area contributed by atoms with Gasteiger partial charge in [0.1, 0.15) is 29.2 Å². The van der Waals surface area contributed by atoms with Gasteiger partial charge < -0.3 is 19.5 Å². The number of hydrogen-bond donors (Lipinski definition) is 1. The second kappa shape index (κ2) is 10.8. The molecule has 0 aliphatic carbocycles. The molecule has 1 aliphatic heterocycles. The van der Waals surface area contributed by atoms with E-state index in [1.165, 1.54) is 34.5 Å². The van der Waals surface area contributed by atoms with Crippen molar-refractivity contribution in [2.75, 3.05) is 40.5 Å². The number of halogens is 1. The number of carbonyl (C=O) groups is 1. The summed E-state index contributed by atoms with van der Waals surface area (Å²) < 4.78 is 53.3. The minimum absolute atomic E-state index is 0.0456. The molecule has 1 aliphatic rings. The average Bonchev–Trinajstić information content (AvgIpc) is 2.80. The number of ether oxygens (including phenoxy) is 2. The monoisotopic (exact) mass is 494 g/mol. The number of carbonyl (C=O) groups excluding carboxylic acids is 1. The molecule has 1 amide bonds. The van der Waals surface area contributed by atoms with Gasteiger partial charge in [0.2, 0.25) is 15.9 Å². The van der Waals surface area contributed by atoms with Crippen molar-refractivity contribution in [3.05, 3.63) is 48.3 Å². The maximum Gasteiger partial charge on any atom is 0.248 e. The molecule has 2 aromatic carbocycles. The number of amides is 1. The molecule has 3 atom stereocenters. The Morgan fingerprint density at radius 3 is 2.65 bits per heavy atom. The van der Waals surface area contributed by atoms with Crippen LogP contribution in [0, 0.1) is 11.7 Å². The van der Waals surface area contributed by atoms with E-state index in [1.54, 1.807) is 38.2 Å². The molecule has 3 rings (SSSR count). The summed E-state index contributed by atoms with van der Waals surface area (Å²) >= 11 is 0. The second-order valence-electron chi connectivity index (χ2n) is 8.62. The van der Waals surface area contributed by atoms with Crippen LogP contribution in [0.4, 0.5) is 4.39 Å². The standard InChI is InChI=1S/C24H31FN2O6S/c1-16-12-27(17(2)14-28)34(30,31)23-9-8-19(18-6-5-7-20(25)10-18)11-21(23)33-22(16)13-26(3)24(29)15-32-4/h5-11,16-17,22,28H,12-15H2,1-4H3/t16-,17+,22-/m1/s1. The van der Waals surface area contributed by atoms with Gasteiger partial charge in [0, 0.05) is 32.7 Å². The van der Waals surface area contributed by atoms with Crippen LogP contribution in [0.25, 0.3) is 11.1 Å². The fourth-order valence-corrected chi connectivity index (χ4v) is 5.72. The fraction of sp³-hybridized carbons (Fsp3) is 0.458. The molecule has 0 aromatic heterocycles. The predicted molar refractivity (Wildman–Crippen MR) is 125 cm³/mol. The van der Waals surface area contributed by atoms with Crippen LogP contribution in [0.5, 0.6) is 5.75 Å². The first-order chi connectivity index (χ1) is 16.1. The third kappa shape index (κ3) is 5.57. The number of benzene rings is 2. The number of rotatable bonds is 7. The highest BCUT2D eigenvalue weighted by atomic mass is 32.2. The van der Waals surface area contributed by atoms with Crippen LogP contribution in [-0.2, 0) is 19.6 Å². The summed E-state index contributed by atoms with van der Waals surface area (Å²) in [6.45, 7) is 3.35. The summed E-state index contributed by atoms with van der Waals surface area (Å²) in [5.41, 5.74) is 1.16. The minimum atomic E-state index is -4.00. The third-order valence-corrected chi connectivity index (χ3v) is 7.99. The van der Waals surface area contributed by atoms with Crippen molar-refractivity contribution in [2.45, 2.75) is 30.9 Å². The van der Waals surface area contributed by atoms with Gasteiger partial charge in [-0.15, -0.1) is 0 Å². The highest BCUT2D eigenvalue weighted by Gasteiger charge is 2.38. The molecule has 0 unspecified atom stereocenters. The van der Waals surface area contributed by atoms with E-state index in [0.29, 0.717) is 11.1 Å². The number of likely N-dealkylation sites (N-methyl/N-ethyl adjacent to an activating group) is 1. The van der Waals surface area contributed by atoms with Crippen LogP contribution in [0.3, 0.4) is 0 Å². The van der Waals surface area contributed by atoms with Gasteiger partial charge in [-0.1, -0.05) is 25.1 Å². The Balaban J connectivity index is 2.09. The van der Waals surface area contributed by atoms with Crippen molar-refractivity contribution in [2.24, 2.45) is 5.92 Å². The number of nitrogens with zero attached hydrogens (tertiary/aromatic N) is 2. The normalized spacial score (nSPS) is 21.0. The molecule has 1 N–H and O–H groups in total. The van der Waals surface area contributed by atoms with Gasteiger partial charge in [-0.25, -0.2) is 12.8 Å². The van der Waals surface area contributed by atoms with E-state index in [4.69, 9.17) is 9.47 Å². The molecule has 10 heteroatoms. The summed E-state index contributed by atoms with van der Waals surface area (Å²) in [4.78, 5) is 13.7. The molecule has 0 bridgehead atoms. The molecule has 0 saturated heterocycles. The first kappa shape index (κ1) is 26.1. The molecule has 0 saturated carbocycles. The summed E-state index contributed by atoms with van der Waals surface area (Å²) in [5.74, 6) is -0.846. The lowest BCUT2D eigenvalue weighted by Gasteiger charge is -2.37. The molecular weight excluding hydrogens is 463 g/mol. The lowest BCUT2D eigenvalue weighted by molar-refractivity contribution is -0.135. The predicted octanol–water partition coefficient (Wildman–Crippen LogP) is 2.37. The van der Waals surface area contributed by atoms with Crippen LogP contribution >= 0.6 is 0 Å². The maximum atomic E-state index is 13.8. The highest BCUT2D eigenvalue weighted by molar-refractivity contribution is 7.89. The molecule has 0 fully saturated rings. The van der Waals surface area contributed by atoms with Gasteiger partial charge in [0.05, 0.1) is 13.2 Å². The first-order valence-electron chi connectivity index (χ1n) is 11.0. The Kier molecular flexibility index (Phi) is 8.29. The quantitative estimate of drug-likeness (QED) is 0.635. The summed E-state index contributed by atoms with van der Waals surface area (Å²) in [7, 11) is -0.933. The average molecular weight is 495 g/mol. The summed E-state index contributed by atoms with van der Waals surface area (Å²) in [6.07, 6.45) is -0.545. The van der Waals surface area contributed by atoms with Crippen molar-refractivity contribution in [3.8, 4) is 16.9 Å². The van der Waals surface area contributed by atoms with Gasteiger partial charge in [-0.2, -0.15) is 4.31 Å². The summed E-state index contributed by atoms with van der Waals surface area (Å²) in [6, 6.07) is 9.94. The zero-order chi connectivity index (χ0) is 25.0. The van der Waals surface area contributed by atoms with Crippen LogP contribution in [-0.4, -0.2) is 81.2 Å². The molecule has 2 aromatic rings. The first-order valence-corrected chi connectivity index (χ1v) is 12.4.